The van der Waals surface area contributed by atoms with Crippen LogP contribution in [0.4, 0.5) is 4.79 Å². The number of nitrogens with one attached hydrogen (secondary N) is 2. The minimum Gasteiger partial charge on any atom is -0.381 e. The molecule has 4 aliphatic rings. The molecule has 2 aliphatic heterocycles. The molecule has 2 amide bonds. The lowest BCUT2D eigenvalue weighted by molar-refractivity contribution is -0.210. The van der Waals surface area contributed by atoms with E-state index in [1.165, 1.54) is 32.1 Å². The zero-order chi connectivity index (χ0) is 16.4. The second-order valence-corrected chi connectivity index (χ2v) is 7.83. The maximum absolute atomic E-state index is 12.1. The molecule has 0 radical (unpaired) electrons. The second-order valence-electron chi connectivity index (χ2n) is 7.83. The Hall–Kier alpha value is -0.850. The van der Waals surface area contributed by atoms with Gasteiger partial charge in [-0.15, -0.1) is 0 Å². The number of ether oxygens (including phenoxy) is 3. The molecule has 3 atom stereocenters. The van der Waals surface area contributed by atoms with Crippen LogP contribution in [0.2, 0.25) is 0 Å². The summed E-state index contributed by atoms with van der Waals surface area (Å²) in [7, 11) is 0. The molecule has 4 fully saturated rings. The summed E-state index contributed by atoms with van der Waals surface area (Å²) < 4.78 is 17.2. The van der Waals surface area contributed by atoms with Crippen molar-refractivity contribution >= 4 is 6.03 Å². The average Bonchev–Trinajstić information content (AvgIpc) is 3.28. The molecule has 24 heavy (non-hydrogen) atoms. The number of rotatable bonds is 4. The number of carbonyl (C=O) groups is 1. The van der Waals surface area contributed by atoms with Crippen LogP contribution in [-0.2, 0) is 14.2 Å². The van der Waals surface area contributed by atoms with Crippen LogP contribution in [0.15, 0.2) is 0 Å². The van der Waals surface area contributed by atoms with Crippen LogP contribution in [0.3, 0.4) is 0 Å². The van der Waals surface area contributed by atoms with E-state index in [0.29, 0.717) is 38.3 Å². The lowest BCUT2D eigenvalue weighted by Crippen LogP contribution is -2.43. The maximum atomic E-state index is 12.1. The normalized spacial score (nSPS) is 35.8. The van der Waals surface area contributed by atoms with Gasteiger partial charge in [0.05, 0.1) is 19.8 Å². The monoisotopic (exact) mass is 338 g/mol. The Balaban J connectivity index is 1.14. The Morgan fingerprint density at radius 2 is 1.92 bits per heavy atom. The molecule has 0 unspecified atom stereocenters. The number of amides is 2. The summed E-state index contributed by atoms with van der Waals surface area (Å²) in [5.74, 6) is 1.08. The fourth-order valence-corrected chi connectivity index (χ4v) is 4.55. The molecule has 0 aromatic rings. The zero-order valence-corrected chi connectivity index (χ0v) is 14.4. The van der Waals surface area contributed by atoms with Gasteiger partial charge < -0.3 is 24.8 Å². The van der Waals surface area contributed by atoms with E-state index < -0.39 is 5.79 Å². The van der Waals surface area contributed by atoms with Gasteiger partial charge in [-0.1, -0.05) is 32.1 Å². The first-order valence-electron chi connectivity index (χ1n) is 9.68. The standard InChI is InChI=1S/C18H30N2O4/c21-17(20-16-10-15(16)13-4-2-1-3-5-13)19-11-14-12-23-18(24-14)6-8-22-9-7-18/h13-16H,1-12H2,(H2,19,20,21)/t14-,15-,16+/m0/s1. The molecule has 0 aromatic carbocycles. The van der Waals surface area contributed by atoms with E-state index in [9.17, 15) is 4.79 Å². The van der Waals surface area contributed by atoms with Gasteiger partial charge in [0.25, 0.3) is 0 Å². The van der Waals surface area contributed by atoms with Crippen molar-refractivity contribution in [3.05, 3.63) is 0 Å². The van der Waals surface area contributed by atoms with Crippen LogP contribution in [0.1, 0.15) is 51.4 Å². The first kappa shape index (κ1) is 16.6. The summed E-state index contributed by atoms with van der Waals surface area (Å²) in [6.07, 6.45) is 9.48. The summed E-state index contributed by atoms with van der Waals surface area (Å²) >= 11 is 0. The fraction of sp³-hybridized carbons (Fsp3) is 0.944. The third-order valence-electron chi connectivity index (χ3n) is 6.07. The van der Waals surface area contributed by atoms with E-state index in [0.717, 1.165) is 25.2 Å². The van der Waals surface area contributed by atoms with Crippen LogP contribution in [0.25, 0.3) is 0 Å². The third-order valence-corrected chi connectivity index (χ3v) is 6.07. The number of urea groups is 1. The Bertz CT molecular complexity index is 446. The van der Waals surface area contributed by atoms with Crippen LogP contribution in [-0.4, -0.2) is 50.3 Å². The quantitative estimate of drug-likeness (QED) is 0.824. The number of hydrogen-bond donors (Lipinski definition) is 2. The first-order valence-corrected chi connectivity index (χ1v) is 9.68. The largest absolute Gasteiger partial charge is 0.381 e. The SMILES string of the molecule is O=C(NC[C@H]1COC2(CCOCC2)O1)N[C@@H]1C[C@H]1C1CCCCC1. The molecule has 2 heterocycles. The van der Waals surface area contributed by atoms with Crippen molar-refractivity contribution in [1.82, 2.24) is 10.6 Å². The molecule has 4 rings (SSSR count). The van der Waals surface area contributed by atoms with Crippen LogP contribution >= 0.6 is 0 Å². The molecule has 2 aliphatic carbocycles. The van der Waals surface area contributed by atoms with Crippen molar-refractivity contribution in [3.8, 4) is 0 Å². The summed E-state index contributed by atoms with van der Waals surface area (Å²) in [4.78, 5) is 12.1. The van der Waals surface area contributed by atoms with E-state index in [1.54, 1.807) is 0 Å². The molecule has 6 heteroatoms. The topological polar surface area (TPSA) is 68.8 Å². The third kappa shape index (κ3) is 3.86. The summed E-state index contributed by atoms with van der Waals surface area (Å²) in [5.41, 5.74) is 0. The predicted octanol–water partition coefficient (Wildman–Crippen LogP) is 2.18. The highest BCUT2D eigenvalue weighted by Crippen LogP contribution is 2.44. The lowest BCUT2D eigenvalue weighted by atomic mass is 9.85. The van der Waals surface area contributed by atoms with Crippen LogP contribution < -0.4 is 10.6 Å². The van der Waals surface area contributed by atoms with Gasteiger partial charge in [0.2, 0.25) is 0 Å². The Kier molecular flexibility index (Phi) is 4.97. The van der Waals surface area contributed by atoms with E-state index in [1.807, 2.05) is 0 Å². The molecule has 0 aromatic heterocycles. The van der Waals surface area contributed by atoms with Gasteiger partial charge in [0.15, 0.2) is 5.79 Å². The van der Waals surface area contributed by atoms with Crippen molar-refractivity contribution in [2.75, 3.05) is 26.4 Å². The molecule has 0 bridgehead atoms. The fourth-order valence-electron chi connectivity index (χ4n) is 4.55. The second kappa shape index (κ2) is 7.18. The van der Waals surface area contributed by atoms with E-state index in [-0.39, 0.29) is 12.1 Å². The highest BCUT2D eigenvalue weighted by molar-refractivity contribution is 5.74. The number of hydrogen-bond acceptors (Lipinski definition) is 4. The molecule has 2 N–H and O–H groups in total. The van der Waals surface area contributed by atoms with Crippen molar-refractivity contribution in [2.24, 2.45) is 11.8 Å². The molecule has 2 saturated carbocycles. The Labute approximate surface area is 144 Å². The molecule has 2 saturated heterocycles. The van der Waals surface area contributed by atoms with Gasteiger partial charge in [-0.05, 0) is 18.3 Å². The first-order chi connectivity index (χ1) is 11.7. The van der Waals surface area contributed by atoms with Gasteiger partial charge in [0, 0.05) is 25.4 Å². The van der Waals surface area contributed by atoms with Crippen molar-refractivity contribution in [3.63, 3.8) is 0 Å². The van der Waals surface area contributed by atoms with E-state index >= 15 is 0 Å². The summed E-state index contributed by atoms with van der Waals surface area (Å²) in [6.45, 7) is 2.43. The zero-order valence-electron chi connectivity index (χ0n) is 14.4. The summed E-state index contributed by atoms with van der Waals surface area (Å²) in [6, 6.07) is 0.325. The van der Waals surface area contributed by atoms with Crippen LogP contribution in [0.5, 0.6) is 0 Å². The van der Waals surface area contributed by atoms with Gasteiger partial charge >= 0.3 is 6.03 Å². The van der Waals surface area contributed by atoms with Gasteiger partial charge in [-0.2, -0.15) is 0 Å². The average molecular weight is 338 g/mol. The maximum Gasteiger partial charge on any atom is 0.315 e. The minimum absolute atomic E-state index is 0.0535. The molecule has 136 valence electrons. The van der Waals surface area contributed by atoms with Gasteiger partial charge in [-0.3, -0.25) is 0 Å². The highest BCUT2D eigenvalue weighted by atomic mass is 16.7. The Morgan fingerprint density at radius 1 is 1.12 bits per heavy atom. The minimum atomic E-state index is -0.469. The predicted molar refractivity (Wildman–Crippen MR) is 88.6 cm³/mol. The van der Waals surface area contributed by atoms with Crippen molar-refractivity contribution < 1.29 is 19.0 Å². The molecular formula is C18H30N2O4. The Morgan fingerprint density at radius 3 is 2.71 bits per heavy atom. The van der Waals surface area contributed by atoms with Gasteiger partial charge in [0.1, 0.15) is 6.10 Å². The molecule has 6 nitrogen and oxygen atoms in total. The number of carbonyl (C=O) groups excluding carboxylic acids is 1. The lowest BCUT2D eigenvalue weighted by Gasteiger charge is -2.31. The van der Waals surface area contributed by atoms with Crippen molar-refractivity contribution in [1.29, 1.82) is 0 Å². The van der Waals surface area contributed by atoms with E-state index in [4.69, 9.17) is 14.2 Å². The van der Waals surface area contributed by atoms with Crippen LogP contribution in [0, 0.1) is 11.8 Å². The summed E-state index contributed by atoms with van der Waals surface area (Å²) in [5, 5.41) is 6.08. The van der Waals surface area contributed by atoms with Gasteiger partial charge in [-0.25, -0.2) is 4.79 Å². The molecule has 1 spiro atoms. The van der Waals surface area contributed by atoms with E-state index in [2.05, 4.69) is 10.6 Å². The molecular weight excluding hydrogens is 308 g/mol. The highest BCUT2D eigenvalue weighted by Gasteiger charge is 2.45. The smallest absolute Gasteiger partial charge is 0.315 e. The van der Waals surface area contributed by atoms with Crippen molar-refractivity contribution in [2.45, 2.75) is 69.3 Å².